The largest absolute Gasteiger partial charge is 0.507 e. The van der Waals surface area contributed by atoms with Crippen LogP contribution >= 0.6 is 0 Å². The van der Waals surface area contributed by atoms with Crippen molar-refractivity contribution >= 4 is 34.7 Å². The van der Waals surface area contributed by atoms with Gasteiger partial charge in [-0.1, -0.05) is 12.1 Å². The summed E-state index contributed by atoms with van der Waals surface area (Å²) in [5.41, 5.74) is 2.41. The second kappa shape index (κ2) is 9.98. The van der Waals surface area contributed by atoms with Crippen LogP contribution in [0.2, 0.25) is 0 Å². The molecule has 0 heterocycles. The Hall–Kier alpha value is -4.10. The van der Waals surface area contributed by atoms with E-state index < -0.39 is 81.8 Å². The van der Waals surface area contributed by atoms with E-state index in [0.29, 0.717) is 11.3 Å². The van der Waals surface area contributed by atoms with Gasteiger partial charge >= 0.3 is 6.18 Å². The van der Waals surface area contributed by atoms with Crippen molar-refractivity contribution in [3.63, 3.8) is 0 Å². The number of aromatic hydroxyl groups is 1. The number of carbonyl (C=O) groups excluding carboxylic acids is 5. The molecule has 0 radical (unpaired) electrons. The van der Waals surface area contributed by atoms with Gasteiger partial charge in [0.15, 0.2) is 34.7 Å². The van der Waals surface area contributed by atoms with E-state index in [0.717, 1.165) is 24.3 Å². The van der Waals surface area contributed by atoms with E-state index in [2.05, 4.69) is 0 Å². The second-order valence-electron chi connectivity index (χ2n) is 11.9. The van der Waals surface area contributed by atoms with Gasteiger partial charge in [-0.05, 0) is 62.2 Å². The highest BCUT2D eigenvalue weighted by atomic mass is 19.4. The van der Waals surface area contributed by atoms with Gasteiger partial charge in [-0.3, -0.25) is 28.9 Å². The number of phenols is 1. The summed E-state index contributed by atoms with van der Waals surface area (Å²) in [6.45, 7) is 0. The molecule has 2 saturated carbocycles. The number of alkyl halides is 3. The summed E-state index contributed by atoms with van der Waals surface area (Å²) in [5, 5.41) is 23.1. The Morgan fingerprint density at radius 3 is 2.14 bits per heavy atom. The number of Topliss-reactive ketones (excluding diaryl/α,β-unsaturated/α-hetero) is 4. The molecule has 6 unspecified atom stereocenters. The van der Waals surface area contributed by atoms with Crippen LogP contribution in [0, 0.1) is 23.7 Å². The molecular formula is C30H30F3N3O7. The maximum atomic E-state index is 14.1. The van der Waals surface area contributed by atoms with Crippen LogP contribution < -0.4 is 10.6 Å². The topological polar surface area (TPSA) is 158 Å². The first-order valence-corrected chi connectivity index (χ1v) is 13.5. The van der Waals surface area contributed by atoms with Crippen molar-refractivity contribution in [2.75, 3.05) is 33.1 Å². The number of benzene rings is 2. The third kappa shape index (κ3) is 4.36. The van der Waals surface area contributed by atoms with Crippen LogP contribution in [-0.2, 0) is 31.8 Å². The highest BCUT2D eigenvalue weighted by molar-refractivity contribution is 6.32. The van der Waals surface area contributed by atoms with Crippen molar-refractivity contribution in [2.45, 2.75) is 30.7 Å². The maximum absolute atomic E-state index is 14.1. The first-order valence-electron chi connectivity index (χ1n) is 13.5. The molecule has 0 aromatic heterocycles. The van der Waals surface area contributed by atoms with Crippen molar-refractivity contribution in [1.82, 2.24) is 4.90 Å². The average molecular weight is 602 g/mol. The van der Waals surface area contributed by atoms with E-state index in [1.165, 1.54) is 19.0 Å². The number of carbonyl (C=O) groups is 5. The number of anilines is 1. The molecule has 3 aliphatic carbocycles. The highest BCUT2D eigenvalue weighted by Gasteiger charge is 2.69. The van der Waals surface area contributed by atoms with E-state index in [1.807, 2.05) is 0 Å². The number of amides is 1. The SMILES string of the molecule is CN(C)c1cc(-c2ccc(C(F)(F)F)cc2)c(O)c2c1CC1CC3C(N(C)C)C(=O)C(C(N)=O)C(=O)C3(O)C(=O)C1C2=O. The number of aliphatic hydroxyl groups is 1. The number of fused-ring (bicyclic) bond motifs is 3. The number of rotatable bonds is 4. The number of phenolic OH excluding ortho intramolecular Hbond substituents is 1. The number of primary amides is 1. The molecule has 2 aromatic carbocycles. The van der Waals surface area contributed by atoms with Crippen LogP contribution in [0.3, 0.4) is 0 Å². The molecule has 0 spiro atoms. The Morgan fingerprint density at radius 1 is 1.02 bits per heavy atom. The smallest absolute Gasteiger partial charge is 0.416 e. The minimum atomic E-state index is -4.59. The van der Waals surface area contributed by atoms with Crippen molar-refractivity contribution in [3.8, 4) is 16.9 Å². The van der Waals surface area contributed by atoms with Gasteiger partial charge in [0.05, 0.1) is 23.1 Å². The van der Waals surface area contributed by atoms with Crippen molar-refractivity contribution in [1.29, 1.82) is 0 Å². The molecule has 2 fully saturated rings. The first kappa shape index (κ1) is 30.4. The number of halogens is 3. The maximum Gasteiger partial charge on any atom is 0.416 e. The predicted octanol–water partition coefficient (Wildman–Crippen LogP) is 1.62. The molecule has 10 nitrogen and oxygen atoms in total. The second-order valence-corrected chi connectivity index (χ2v) is 11.9. The normalized spacial score (nSPS) is 28.8. The van der Waals surface area contributed by atoms with Gasteiger partial charge in [-0.2, -0.15) is 13.2 Å². The summed E-state index contributed by atoms with van der Waals surface area (Å²) in [4.78, 5) is 70.0. The minimum absolute atomic E-state index is 0.0450. The lowest BCUT2D eigenvalue weighted by molar-refractivity contribution is -0.181. The predicted molar refractivity (Wildman–Crippen MR) is 146 cm³/mol. The van der Waals surface area contributed by atoms with Gasteiger partial charge in [0.2, 0.25) is 5.91 Å². The zero-order chi connectivity index (χ0) is 31.9. The Bertz CT molecular complexity index is 1580. The Kier molecular flexibility index (Phi) is 7.05. The van der Waals surface area contributed by atoms with Crippen molar-refractivity contribution in [2.24, 2.45) is 29.4 Å². The van der Waals surface area contributed by atoms with Crippen LogP contribution in [0.15, 0.2) is 30.3 Å². The molecule has 0 aliphatic heterocycles. The van der Waals surface area contributed by atoms with Gasteiger partial charge in [-0.15, -0.1) is 0 Å². The number of hydrogen-bond donors (Lipinski definition) is 3. The molecule has 43 heavy (non-hydrogen) atoms. The molecule has 0 bridgehead atoms. The number of nitrogens with zero attached hydrogens (tertiary/aromatic N) is 2. The summed E-state index contributed by atoms with van der Waals surface area (Å²) in [6, 6.07) is 4.32. The fraction of sp³-hybridized carbons (Fsp3) is 0.433. The lowest BCUT2D eigenvalue weighted by atomic mass is 9.52. The van der Waals surface area contributed by atoms with Gasteiger partial charge < -0.3 is 20.8 Å². The van der Waals surface area contributed by atoms with Gasteiger partial charge in [0, 0.05) is 31.3 Å². The molecule has 228 valence electrons. The zero-order valence-electron chi connectivity index (χ0n) is 23.7. The third-order valence-electron chi connectivity index (χ3n) is 9.04. The van der Waals surface area contributed by atoms with Crippen LogP contribution in [0.1, 0.15) is 27.9 Å². The molecule has 6 atom stereocenters. The minimum Gasteiger partial charge on any atom is -0.507 e. The average Bonchev–Trinajstić information content (AvgIpc) is 2.90. The molecular weight excluding hydrogens is 571 g/mol. The number of likely N-dealkylation sites (N-methyl/N-ethyl adjacent to an activating group) is 1. The summed E-state index contributed by atoms with van der Waals surface area (Å²) in [5.74, 6) is -11.8. The van der Waals surface area contributed by atoms with Gasteiger partial charge in [0.1, 0.15) is 5.75 Å². The van der Waals surface area contributed by atoms with Gasteiger partial charge in [-0.25, -0.2) is 0 Å². The molecule has 2 aromatic rings. The fourth-order valence-corrected chi connectivity index (χ4v) is 7.11. The monoisotopic (exact) mass is 601 g/mol. The molecule has 5 rings (SSSR count). The zero-order valence-corrected chi connectivity index (χ0v) is 23.7. The number of hydrogen-bond acceptors (Lipinski definition) is 9. The third-order valence-corrected chi connectivity index (χ3v) is 9.04. The van der Waals surface area contributed by atoms with Crippen molar-refractivity contribution < 1.29 is 47.4 Å². The lowest BCUT2D eigenvalue weighted by Crippen LogP contribution is -2.74. The van der Waals surface area contributed by atoms with Crippen LogP contribution in [-0.4, -0.2) is 84.0 Å². The summed E-state index contributed by atoms with van der Waals surface area (Å²) in [7, 11) is 6.35. The Labute approximate surface area is 244 Å². The first-order chi connectivity index (χ1) is 19.9. The quantitative estimate of drug-likeness (QED) is 0.443. The Morgan fingerprint density at radius 2 is 1.63 bits per heavy atom. The summed E-state index contributed by atoms with van der Waals surface area (Å²) in [6.07, 6.45) is -4.63. The summed E-state index contributed by atoms with van der Waals surface area (Å²) >= 11 is 0. The van der Waals surface area contributed by atoms with E-state index >= 15 is 0 Å². The fourth-order valence-electron chi connectivity index (χ4n) is 7.11. The summed E-state index contributed by atoms with van der Waals surface area (Å²) < 4.78 is 39.5. The molecule has 1 amide bonds. The molecule has 13 heteroatoms. The van der Waals surface area contributed by atoms with Gasteiger partial charge in [0.25, 0.3) is 0 Å². The van der Waals surface area contributed by atoms with Crippen LogP contribution in [0.4, 0.5) is 18.9 Å². The standard InChI is InChI=1S/C30H30F3N3O7/c1-35(2)18-11-15(12-5-7-14(8-6-12)30(31,32)33)23(37)20-16(18)9-13-10-17-22(36(3)4)25(39)21(28(34)42)27(41)29(17,43)26(40)19(13)24(20)38/h5-8,11,13,17,19,21-22,37,43H,9-10H2,1-4H3,(H2,34,42). The molecule has 0 saturated heterocycles. The number of nitrogens with two attached hydrogens (primary N) is 1. The van der Waals surface area contributed by atoms with E-state index in [9.17, 15) is 47.4 Å². The van der Waals surface area contributed by atoms with Crippen LogP contribution in [0.5, 0.6) is 5.75 Å². The Balaban J connectivity index is 1.66. The van der Waals surface area contributed by atoms with Crippen LogP contribution in [0.25, 0.3) is 11.1 Å². The van der Waals surface area contributed by atoms with E-state index in [-0.39, 0.29) is 29.5 Å². The van der Waals surface area contributed by atoms with E-state index in [1.54, 1.807) is 25.1 Å². The molecule has 3 aliphatic rings. The lowest BCUT2D eigenvalue weighted by Gasteiger charge is -2.52. The van der Waals surface area contributed by atoms with E-state index in [4.69, 9.17) is 5.73 Å². The molecule has 4 N–H and O–H groups in total. The van der Waals surface area contributed by atoms with Crippen molar-refractivity contribution in [3.05, 3.63) is 47.0 Å². The number of ketones is 4. The highest BCUT2D eigenvalue weighted by Crippen LogP contribution is 2.53.